The Labute approximate surface area is 192 Å². The Kier molecular flexibility index (Phi) is 8.07. The molecular weight excluding hydrogens is 420 g/mol. The number of aromatic nitrogens is 2. The van der Waals surface area contributed by atoms with E-state index < -0.39 is 17.2 Å². The maximum atomic E-state index is 13.3. The molecule has 0 aliphatic carbocycles. The number of nitrogen functional groups attached to an aromatic ring is 1. The van der Waals surface area contributed by atoms with Gasteiger partial charge in [0.25, 0.3) is 11.5 Å². The summed E-state index contributed by atoms with van der Waals surface area (Å²) in [6.07, 6.45) is 2.40. The molecule has 33 heavy (non-hydrogen) atoms. The summed E-state index contributed by atoms with van der Waals surface area (Å²) in [7, 11) is 0. The van der Waals surface area contributed by atoms with Gasteiger partial charge in [0.15, 0.2) is 12.3 Å². The van der Waals surface area contributed by atoms with E-state index in [1.54, 1.807) is 6.07 Å². The maximum Gasteiger partial charge on any atom is 0.330 e. The van der Waals surface area contributed by atoms with Gasteiger partial charge >= 0.3 is 5.69 Å². The molecule has 0 saturated carbocycles. The molecule has 0 fully saturated rings. The second-order valence-corrected chi connectivity index (χ2v) is 7.75. The number of hydrogen-bond acceptors (Lipinski definition) is 5. The fourth-order valence-electron chi connectivity index (χ4n) is 3.51. The first-order valence-corrected chi connectivity index (χ1v) is 11.1. The molecule has 0 saturated heterocycles. The second kappa shape index (κ2) is 11.2. The Morgan fingerprint density at radius 1 is 1.06 bits per heavy atom. The van der Waals surface area contributed by atoms with Crippen molar-refractivity contribution in [2.24, 2.45) is 0 Å². The van der Waals surface area contributed by atoms with Crippen LogP contribution in [0.25, 0.3) is 0 Å². The molecule has 0 spiro atoms. The third-order valence-electron chi connectivity index (χ3n) is 5.37. The predicted molar refractivity (Wildman–Crippen MR) is 130 cm³/mol. The van der Waals surface area contributed by atoms with E-state index >= 15 is 0 Å². The number of carbonyl (C=O) groups excluding carboxylic acids is 1. The van der Waals surface area contributed by atoms with E-state index in [1.165, 1.54) is 9.47 Å². The van der Waals surface area contributed by atoms with Crippen LogP contribution in [0.2, 0.25) is 0 Å². The van der Waals surface area contributed by atoms with Gasteiger partial charge in [0.2, 0.25) is 0 Å². The number of aromatic amines is 1. The normalized spacial score (nSPS) is 10.7. The molecule has 8 nitrogen and oxygen atoms in total. The van der Waals surface area contributed by atoms with Crippen LogP contribution >= 0.6 is 0 Å². The van der Waals surface area contributed by atoms with Gasteiger partial charge in [0.1, 0.15) is 11.6 Å². The lowest BCUT2D eigenvalue weighted by Crippen LogP contribution is -2.42. The molecule has 0 radical (unpaired) electrons. The number of unbranched alkanes of at least 4 members (excludes halogenated alkanes) is 1. The van der Waals surface area contributed by atoms with E-state index in [1.807, 2.05) is 62.4 Å². The fraction of sp³-hybridized carbons (Fsp3) is 0.320. The van der Waals surface area contributed by atoms with Crippen LogP contribution in [0.1, 0.15) is 37.8 Å². The zero-order valence-corrected chi connectivity index (χ0v) is 19.0. The zero-order chi connectivity index (χ0) is 23.8. The van der Waals surface area contributed by atoms with E-state index in [2.05, 4.69) is 4.98 Å². The number of anilines is 2. The Morgan fingerprint density at radius 3 is 2.48 bits per heavy atom. The van der Waals surface area contributed by atoms with Crippen molar-refractivity contribution in [1.82, 2.24) is 9.55 Å². The average molecular weight is 451 g/mol. The van der Waals surface area contributed by atoms with E-state index in [9.17, 15) is 14.4 Å². The number of amides is 1. The minimum absolute atomic E-state index is 0.0329. The zero-order valence-electron chi connectivity index (χ0n) is 19.0. The highest BCUT2D eigenvalue weighted by Crippen LogP contribution is 2.21. The van der Waals surface area contributed by atoms with Gasteiger partial charge in [-0.15, -0.1) is 0 Å². The molecule has 3 rings (SSSR count). The third kappa shape index (κ3) is 5.91. The van der Waals surface area contributed by atoms with E-state index in [0.29, 0.717) is 18.7 Å². The van der Waals surface area contributed by atoms with Gasteiger partial charge in [-0.05, 0) is 36.1 Å². The Hall–Kier alpha value is -3.81. The summed E-state index contributed by atoms with van der Waals surface area (Å²) in [6.45, 7) is 4.20. The number of carbonyl (C=O) groups is 1. The van der Waals surface area contributed by atoms with Crippen molar-refractivity contribution in [2.75, 3.05) is 17.2 Å². The molecule has 0 unspecified atom stereocenters. The van der Waals surface area contributed by atoms with E-state index in [0.717, 1.165) is 24.0 Å². The molecule has 2 aromatic carbocycles. The number of rotatable bonds is 10. The summed E-state index contributed by atoms with van der Waals surface area (Å²) in [4.78, 5) is 42.0. The number of ether oxygens (including phenoxy) is 1. The summed E-state index contributed by atoms with van der Waals surface area (Å²) < 4.78 is 7.04. The molecule has 174 valence electrons. The largest absolute Gasteiger partial charge is 0.484 e. The molecule has 0 aliphatic rings. The summed E-state index contributed by atoms with van der Waals surface area (Å²) in [5, 5.41) is 0. The van der Waals surface area contributed by atoms with Crippen molar-refractivity contribution < 1.29 is 9.53 Å². The molecule has 8 heteroatoms. The van der Waals surface area contributed by atoms with Gasteiger partial charge in [0, 0.05) is 6.54 Å². The number of nitrogens with one attached hydrogen (secondary N) is 1. The summed E-state index contributed by atoms with van der Waals surface area (Å²) in [5.41, 5.74) is 6.82. The molecule has 0 atom stereocenters. The Balaban J connectivity index is 1.97. The van der Waals surface area contributed by atoms with Crippen molar-refractivity contribution in [3.8, 4) is 5.75 Å². The van der Waals surface area contributed by atoms with Crippen LogP contribution in [-0.2, 0) is 24.3 Å². The van der Waals surface area contributed by atoms with Gasteiger partial charge in [-0.3, -0.25) is 24.0 Å². The lowest BCUT2D eigenvalue weighted by atomic mass is 10.2. The highest BCUT2D eigenvalue weighted by atomic mass is 16.5. The van der Waals surface area contributed by atoms with Gasteiger partial charge in [-0.2, -0.15) is 0 Å². The lowest BCUT2D eigenvalue weighted by Gasteiger charge is -2.25. The highest BCUT2D eigenvalue weighted by Gasteiger charge is 2.25. The van der Waals surface area contributed by atoms with Crippen LogP contribution in [0.3, 0.4) is 0 Å². The van der Waals surface area contributed by atoms with E-state index in [4.69, 9.17) is 10.5 Å². The standard InChI is InChI=1S/C25H30N4O4/c1-3-5-14-28-23(26)22(24(31)27-25(28)32)29(16-19-10-7-6-8-11-19)21(30)17-33-20-13-9-12-18(4-2)15-20/h6-13,15H,3-5,14,16-17,26H2,1-2H3,(H,27,31,32). The fourth-order valence-corrected chi connectivity index (χ4v) is 3.51. The first-order chi connectivity index (χ1) is 15.9. The summed E-state index contributed by atoms with van der Waals surface area (Å²) >= 11 is 0. The minimum atomic E-state index is -0.706. The number of aryl methyl sites for hydroxylation is 1. The van der Waals surface area contributed by atoms with Gasteiger partial charge in [-0.25, -0.2) is 4.79 Å². The first-order valence-electron chi connectivity index (χ1n) is 11.1. The number of H-pyrrole nitrogens is 1. The molecule has 3 N–H and O–H groups in total. The average Bonchev–Trinajstić information content (AvgIpc) is 2.82. The first kappa shape index (κ1) is 23.8. The predicted octanol–water partition coefficient (Wildman–Crippen LogP) is 3.09. The third-order valence-corrected chi connectivity index (χ3v) is 5.37. The van der Waals surface area contributed by atoms with Crippen molar-refractivity contribution >= 4 is 17.4 Å². The van der Waals surface area contributed by atoms with Crippen LogP contribution in [0, 0.1) is 0 Å². The number of nitrogens with two attached hydrogens (primary N) is 1. The van der Waals surface area contributed by atoms with Crippen LogP contribution in [0.15, 0.2) is 64.2 Å². The van der Waals surface area contributed by atoms with Crippen LogP contribution < -0.4 is 26.6 Å². The summed E-state index contributed by atoms with van der Waals surface area (Å²) in [5.74, 6) is 0.0882. The maximum absolute atomic E-state index is 13.3. The van der Waals surface area contributed by atoms with Crippen molar-refractivity contribution in [3.05, 3.63) is 86.6 Å². The number of benzene rings is 2. The Bertz CT molecular complexity index is 1200. The smallest absolute Gasteiger partial charge is 0.330 e. The second-order valence-electron chi connectivity index (χ2n) is 7.75. The van der Waals surface area contributed by atoms with Crippen LogP contribution in [0.5, 0.6) is 5.75 Å². The number of hydrogen-bond donors (Lipinski definition) is 2. The molecule has 1 heterocycles. The van der Waals surface area contributed by atoms with Crippen molar-refractivity contribution in [1.29, 1.82) is 0 Å². The monoisotopic (exact) mass is 450 g/mol. The Morgan fingerprint density at radius 2 is 1.79 bits per heavy atom. The number of nitrogens with zero attached hydrogens (tertiary/aromatic N) is 2. The quantitative estimate of drug-likeness (QED) is 0.493. The minimum Gasteiger partial charge on any atom is -0.484 e. The van der Waals surface area contributed by atoms with Crippen molar-refractivity contribution in [2.45, 2.75) is 46.2 Å². The molecule has 0 bridgehead atoms. The van der Waals surface area contributed by atoms with Crippen LogP contribution in [0.4, 0.5) is 11.5 Å². The van der Waals surface area contributed by atoms with Crippen molar-refractivity contribution in [3.63, 3.8) is 0 Å². The summed E-state index contributed by atoms with van der Waals surface area (Å²) in [6, 6.07) is 16.8. The molecule has 1 amide bonds. The van der Waals surface area contributed by atoms with Gasteiger partial charge < -0.3 is 10.5 Å². The molecular formula is C25H30N4O4. The molecule has 3 aromatic rings. The lowest BCUT2D eigenvalue weighted by molar-refractivity contribution is -0.120. The highest BCUT2D eigenvalue weighted by molar-refractivity contribution is 5.96. The van der Waals surface area contributed by atoms with Gasteiger partial charge in [-0.1, -0.05) is 62.7 Å². The van der Waals surface area contributed by atoms with E-state index in [-0.39, 0.29) is 24.7 Å². The topological polar surface area (TPSA) is 110 Å². The SMILES string of the molecule is CCCCn1c(N)c(N(Cc2ccccc2)C(=O)COc2cccc(CC)c2)c(=O)[nH]c1=O. The van der Waals surface area contributed by atoms with Gasteiger partial charge in [0.05, 0.1) is 6.54 Å². The van der Waals surface area contributed by atoms with Crippen LogP contribution in [-0.4, -0.2) is 22.1 Å². The molecule has 0 aliphatic heterocycles. The molecule has 1 aromatic heterocycles.